The first-order valence-electron chi connectivity index (χ1n) is 6.69. The normalized spacial score (nSPS) is 10.1. The molecule has 6 nitrogen and oxygen atoms in total. The van der Waals surface area contributed by atoms with Gasteiger partial charge in [0.25, 0.3) is 0 Å². The molecule has 2 aromatic rings. The molecule has 1 aromatic carbocycles. The van der Waals surface area contributed by atoms with Crippen LogP contribution >= 0.6 is 22.9 Å². The van der Waals surface area contributed by atoms with Crippen molar-refractivity contribution >= 4 is 52.0 Å². The van der Waals surface area contributed by atoms with E-state index >= 15 is 0 Å². The van der Waals surface area contributed by atoms with Crippen LogP contribution in [0.25, 0.3) is 0 Å². The van der Waals surface area contributed by atoms with Crippen LogP contribution in [-0.2, 0) is 4.79 Å². The van der Waals surface area contributed by atoms with E-state index < -0.39 is 6.03 Å². The molecule has 4 N–H and O–H groups in total. The Morgan fingerprint density at radius 3 is 2.09 bits per heavy atom. The lowest BCUT2D eigenvalue weighted by Crippen LogP contribution is -2.19. The maximum Gasteiger partial charge on any atom is 0.316 e. The molecule has 0 atom stereocenters. The van der Waals surface area contributed by atoms with Gasteiger partial charge in [-0.3, -0.25) is 9.59 Å². The Bertz CT molecular complexity index is 728. The Balaban J connectivity index is 1.82. The second kappa shape index (κ2) is 7.75. The predicted molar refractivity (Wildman–Crippen MR) is 91.2 cm³/mol. The van der Waals surface area contributed by atoms with E-state index in [-0.39, 0.29) is 24.5 Å². The molecule has 8 heteroatoms. The lowest BCUT2D eigenvalue weighted by Gasteiger charge is -2.06. The highest BCUT2D eigenvalue weighted by Crippen LogP contribution is 2.23. The highest BCUT2D eigenvalue weighted by Gasteiger charge is 2.11. The first-order chi connectivity index (χ1) is 10.9. The molecule has 0 saturated heterocycles. The van der Waals surface area contributed by atoms with Gasteiger partial charge in [0.1, 0.15) is 0 Å². The van der Waals surface area contributed by atoms with Crippen LogP contribution in [0.3, 0.4) is 0 Å². The second-order valence-corrected chi connectivity index (χ2v) is 6.36. The van der Waals surface area contributed by atoms with E-state index in [9.17, 15) is 14.4 Å². The number of carbonyl (C=O) groups excluding carboxylic acids is 3. The number of nitrogens with two attached hydrogens (primary N) is 1. The number of carbonyl (C=O) groups is 3. The zero-order valence-corrected chi connectivity index (χ0v) is 13.5. The minimum atomic E-state index is -0.658. The third-order valence-corrected chi connectivity index (χ3v) is 4.14. The molecular weight excluding hydrogens is 338 g/mol. The lowest BCUT2D eigenvalue weighted by atomic mass is 10.2. The largest absolute Gasteiger partial charge is 0.351 e. The van der Waals surface area contributed by atoms with E-state index in [1.165, 1.54) is 11.3 Å². The van der Waals surface area contributed by atoms with Gasteiger partial charge in [-0.05, 0) is 36.4 Å². The number of hydrogen-bond donors (Lipinski definition) is 3. The molecule has 3 amide bonds. The summed E-state index contributed by atoms with van der Waals surface area (Å²) in [4.78, 5) is 35.0. The number of halogens is 1. The molecule has 0 aliphatic rings. The molecule has 0 aliphatic carbocycles. The van der Waals surface area contributed by atoms with Gasteiger partial charge in [-0.2, -0.15) is 0 Å². The Labute approximate surface area is 141 Å². The fraction of sp³-hybridized carbons (Fsp3) is 0.133. The van der Waals surface area contributed by atoms with Crippen LogP contribution in [-0.4, -0.2) is 17.7 Å². The SMILES string of the molecule is NC(=O)Nc1ccc(NC(=O)CCC(=O)c2ccc(Cl)s2)cc1. The Hall–Kier alpha value is -2.38. The van der Waals surface area contributed by atoms with Gasteiger partial charge >= 0.3 is 6.03 Å². The van der Waals surface area contributed by atoms with Crippen LogP contribution in [0.2, 0.25) is 4.34 Å². The highest BCUT2D eigenvalue weighted by atomic mass is 35.5. The van der Waals surface area contributed by atoms with E-state index in [1.54, 1.807) is 36.4 Å². The van der Waals surface area contributed by atoms with Crippen molar-refractivity contribution in [2.75, 3.05) is 10.6 Å². The average molecular weight is 352 g/mol. The van der Waals surface area contributed by atoms with Crippen LogP contribution in [0.5, 0.6) is 0 Å². The van der Waals surface area contributed by atoms with Gasteiger partial charge in [0.2, 0.25) is 5.91 Å². The number of amides is 3. The number of anilines is 2. The molecule has 0 radical (unpaired) electrons. The van der Waals surface area contributed by atoms with Gasteiger partial charge in [0.15, 0.2) is 5.78 Å². The van der Waals surface area contributed by atoms with Gasteiger partial charge < -0.3 is 16.4 Å². The summed E-state index contributed by atoms with van der Waals surface area (Å²) >= 11 is 6.97. The van der Waals surface area contributed by atoms with Gasteiger partial charge in [0.05, 0.1) is 9.21 Å². The average Bonchev–Trinajstić information content (AvgIpc) is 2.93. The van der Waals surface area contributed by atoms with Crippen molar-refractivity contribution in [3.8, 4) is 0 Å². The predicted octanol–water partition coefficient (Wildman–Crippen LogP) is 3.49. The second-order valence-electron chi connectivity index (χ2n) is 4.64. The first-order valence-corrected chi connectivity index (χ1v) is 7.88. The fourth-order valence-corrected chi connectivity index (χ4v) is 2.83. The van der Waals surface area contributed by atoms with Gasteiger partial charge in [0, 0.05) is 24.2 Å². The molecule has 23 heavy (non-hydrogen) atoms. The van der Waals surface area contributed by atoms with Crippen LogP contribution in [0, 0.1) is 0 Å². The van der Waals surface area contributed by atoms with Crippen molar-refractivity contribution in [2.45, 2.75) is 12.8 Å². The molecule has 0 bridgehead atoms. The quantitative estimate of drug-likeness (QED) is 0.694. The Kier molecular flexibility index (Phi) is 5.72. The maximum atomic E-state index is 11.9. The molecule has 0 saturated carbocycles. The minimum absolute atomic E-state index is 0.0790. The number of ketones is 1. The third-order valence-electron chi connectivity index (χ3n) is 2.86. The lowest BCUT2D eigenvalue weighted by molar-refractivity contribution is -0.116. The smallest absolute Gasteiger partial charge is 0.316 e. The molecule has 1 aromatic heterocycles. The Morgan fingerprint density at radius 2 is 1.57 bits per heavy atom. The Morgan fingerprint density at radius 1 is 0.957 bits per heavy atom. The molecule has 0 aliphatic heterocycles. The number of benzene rings is 1. The summed E-state index contributed by atoms with van der Waals surface area (Å²) < 4.78 is 0.544. The van der Waals surface area contributed by atoms with Crippen molar-refractivity contribution in [1.82, 2.24) is 0 Å². The molecule has 120 valence electrons. The summed E-state index contributed by atoms with van der Waals surface area (Å²) in [5.74, 6) is -0.380. The number of hydrogen-bond acceptors (Lipinski definition) is 4. The summed E-state index contributed by atoms with van der Waals surface area (Å²) in [6, 6.07) is 9.12. The number of thiophene rings is 1. The van der Waals surface area contributed by atoms with Crippen molar-refractivity contribution in [2.24, 2.45) is 5.73 Å². The number of nitrogens with one attached hydrogen (secondary N) is 2. The minimum Gasteiger partial charge on any atom is -0.351 e. The molecule has 0 unspecified atom stereocenters. The van der Waals surface area contributed by atoms with Crippen LogP contribution in [0.1, 0.15) is 22.5 Å². The summed E-state index contributed by atoms with van der Waals surface area (Å²) in [7, 11) is 0. The van der Waals surface area contributed by atoms with E-state index in [2.05, 4.69) is 10.6 Å². The number of primary amides is 1. The summed E-state index contributed by atoms with van der Waals surface area (Å²) in [6.07, 6.45) is 0.194. The van der Waals surface area contributed by atoms with Crippen molar-refractivity contribution in [3.05, 3.63) is 45.6 Å². The van der Waals surface area contributed by atoms with E-state index in [0.29, 0.717) is 20.6 Å². The zero-order valence-electron chi connectivity index (χ0n) is 12.0. The van der Waals surface area contributed by atoms with Crippen LogP contribution in [0.15, 0.2) is 36.4 Å². The molecule has 1 heterocycles. The third kappa shape index (κ3) is 5.39. The van der Waals surface area contributed by atoms with Crippen molar-refractivity contribution in [3.63, 3.8) is 0 Å². The van der Waals surface area contributed by atoms with E-state index in [4.69, 9.17) is 17.3 Å². The molecule has 0 fully saturated rings. The van der Waals surface area contributed by atoms with Crippen LogP contribution < -0.4 is 16.4 Å². The fourth-order valence-electron chi connectivity index (χ4n) is 1.82. The highest BCUT2D eigenvalue weighted by molar-refractivity contribution is 7.18. The summed E-state index contributed by atoms with van der Waals surface area (Å²) in [6.45, 7) is 0. The maximum absolute atomic E-state index is 11.9. The first kappa shape index (κ1) is 17.0. The topological polar surface area (TPSA) is 101 Å². The van der Waals surface area contributed by atoms with Crippen molar-refractivity contribution < 1.29 is 14.4 Å². The zero-order chi connectivity index (χ0) is 16.8. The number of rotatable bonds is 6. The number of urea groups is 1. The summed E-state index contributed by atoms with van der Waals surface area (Å²) in [5, 5.41) is 5.09. The van der Waals surface area contributed by atoms with Gasteiger partial charge in [-0.1, -0.05) is 11.6 Å². The van der Waals surface area contributed by atoms with Gasteiger partial charge in [-0.15, -0.1) is 11.3 Å². The monoisotopic (exact) mass is 351 g/mol. The van der Waals surface area contributed by atoms with Gasteiger partial charge in [-0.25, -0.2) is 4.79 Å². The number of Topliss-reactive ketones (excluding diaryl/α,β-unsaturated/α-hetero) is 1. The van der Waals surface area contributed by atoms with Crippen LogP contribution in [0.4, 0.5) is 16.2 Å². The van der Waals surface area contributed by atoms with E-state index in [1.807, 2.05) is 0 Å². The molecular formula is C15H14ClN3O3S. The molecule has 0 spiro atoms. The van der Waals surface area contributed by atoms with Crippen molar-refractivity contribution in [1.29, 1.82) is 0 Å². The standard InChI is InChI=1S/C15H14ClN3O3S/c16-13-7-6-12(23-13)11(20)5-8-14(21)18-9-1-3-10(4-2-9)19-15(17)22/h1-4,6-7H,5,8H2,(H,18,21)(H3,17,19,22). The molecule has 2 rings (SSSR count). The van der Waals surface area contributed by atoms with E-state index in [0.717, 1.165) is 0 Å². The summed E-state index contributed by atoms with van der Waals surface area (Å²) in [5.41, 5.74) is 6.10.